The van der Waals surface area contributed by atoms with Gasteiger partial charge in [0, 0.05) is 32.2 Å². The van der Waals surface area contributed by atoms with Gasteiger partial charge in [0.2, 0.25) is 10.0 Å². The van der Waals surface area contributed by atoms with Crippen LogP contribution in [0, 0.1) is 11.6 Å². The van der Waals surface area contributed by atoms with Gasteiger partial charge in [0.1, 0.15) is 11.6 Å². The maximum absolute atomic E-state index is 13.1. The topological polar surface area (TPSA) is 40.6 Å². The first-order valence-corrected chi connectivity index (χ1v) is 10.1. The summed E-state index contributed by atoms with van der Waals surface area (Å²) in [6.45, 7) is 4.17. The van der Waals surface area contributed by atoms with Crippen molar-refractivity contribution in [2.45, 2.75) is 24.3 Å². The molecule has 2 aromatic rings. The van der Waals surface area contributed by atoms with Crippen molar-refractivity contribution in [3.8, 4) is 0 Å². The smallest absolute Gasteiger partial charge is 0.243 e. The Morgan fingerprint density at radius 2 is 1.42 bits per heavy atom. The van der Waals surface area contributed by atoms with Crippen LogP contribution in [0.3, 0.4) is 0 Å². The fourth-order valence-electron chi connectivity index (χ4n) is 3.25. The van der Waals surface area contributed by atoms with E-state index >= 15 is 0 Å². The van der Waals surface area contributed by atoms with E-state index in [4.69, 9.17) is 0 Å². The molecule has 7 heteroatoms. The van der Waals surface area contributed by atoms with Crippen molar-refractivity contribution in [3.63, 3.8) is 0 Å². The molecule has 1 saturated heterocycles. The summed E-state index contributed by atoms with van der Waals surface area (Å²) < 4.78 is 53.2. The Bertz CT molecular complexity index is 839. The van der Waals surface area contributed by atoms with Gasteiger partial charge in [0.15, 0.2) is 0 Å². The van der Waals surface area contributed by atoms with Crippen LogP contribution in [0.4, 0.5) is 8.78 Å². The highest BCUT2D eigenvalue weighted by atomic mass is 32.2. The first kappa shape index (κ1) is 18.9. The lowest BCUT2D eigenvalue weighted by Gasteiger charge is -2.28. The highest BCUT2D eigenvalue weighted by molar-refractivity contribution is 7.89. The van der Waals surface area contributed by atoms with E-state index in [0.29, 0.717) is 26.1 Å². The van der Waals surface area contributed by atoms with Crippen molar-refractivity contribution < 1.29 is 17.2 Å². The second-order valence-electron chi connectivity index (χ2n) is 6.48. The third-order valence-corrected chi connectivity index (χ3v) is 6.75. The van der Waals surface area contributed by atoms with E-state index in [0.717, 1.165) is 24.2 Å². The first-order valence-electron chi connectivity index (χ1n) is 8.63. The van der Waals surface area contributed by atoms with Crippen LogP contribution < -0.4 is 0 Å². The monoisotopic (exact) mass is 380 g/mol. The van der Waals surface area contributed by atoms with Gasteiger partial charge in [-0.05, 0) is 55.3 Å². The summed E-state index contributed by atoms with van der Waals surface area (Å²) in [7, 11) is -3.63. The molecule has 0 N–H and O–H groups in total. The Balaban J connectivity index is 1.71. The first-order chi connectivity index (χ1) is 12.4. The molecule has 140 valence electrons. The van der Waals surface area contributed by atoms with Crippen LogP contribution in [0.2, 0.25) is 0 Å². The van der Waals surface area contributed by atoms with Crippen LogP contribution in [-0.4, -0.2) is 43.8 Å². The average molecular weight is 380 g/mol. The molecule has 1 atom stereocenters. The van der Waals surface area contributed by atoms with Crippen LogP contribution in [0.1, 0.15) is 24.9 Å². The summed E-state index contributed by atoms with van der Waals surface area (Å²) in [4.78, 5) is 2.31. The van der Waals surface area contributed by atoms with Crippen LogP contribution in [0.25, 0.3) is 0 Å². The molecule has 0 aliphatic carbocycles. The molecule has 0 aromatic heterocycles. The Labute approximate surface area is 153 Å². The summed E-state index contributed by atoms with van der Waals surface area (Å²) in [6.07, 6.45) is 0.700. The molecular weight excluding hydrogens is 358 g/mol. The lowest BCUT2D eigenvalue weighted by Crippen LogP contribution is -2.36. The summed E-state index contributed by atoms with van der Waals surface area (Å²) in [5.74, 6) is -0.729. The number of hydrogen-bond acceptors (Lipinski definition) is 3. The summed E-state index contributed by atoms with van der Waals surface area (Å²) in [5, 5.41) is 0. The largest absolute Gasteiger partial charge is 0.295 e. The lowest BCUT2D eigenvalue weighted by atomic mass is 10.1. The molecule has 0 radical (unpaired) electrons. The van der Waals surface area contributed by atoms with E-state index in [1.54, 1.807) is 12.1 Å². The summed E-state index contributed by atoms with van der Waals surface area (Å²) >= 11 is 0. The van der Waals surface area contributed by atoms with E-state index in [1.807, 2.05) is 6.92 Å². The molecule has 1 heterocycles. The minimum absolute atomic E-state index is 0.0732. The molecule has 1 fully saturated rings. The van der Waals surface area contributed by atoms with Gasteiger partial charge < -0.3 is 0 Å². The molecule has 2 aromatic carbocycles. The molecule has 3 rings (SSSR count). The second kappa shape index (κ2) is 7.82. The summed E-state index contributed by atoms with van der Waals surface area (Å²) in [6, 6.07) is 11.4. The Morgan fingerprint density at radius 3 is 2.04 bits per heavy atom. The molecule has 0 saturated carbocycles. The van der Waals surface area contributed by atoms with Crippen LogP contribution in [-0.2, 0) is 10.0 Å². The normalized spacial score (nSPS) is 18.4. The fraction of sp³-hybridized carbons (Fsp3) is 0.368. The van der Waals surface area contributed by atoms with Crippen molar-refractivity contribution in [2.24, 2.45) is 0 Å². The zero-order chi connectivity index (χ0) is 18.7. The van der Waals surface area contributed by atoms with Gasteiger partial charge in [-0.15, -0.1) is 0 Å². The predicted octanol–water partition coefficient (Wildman–Crippen LogP) is 3.42. The molecule has 1 aliphatic heterocycles. The van der Waals surface area contributed by atoms with E-state index < -0.39 is 15.8 Å². The number of nitrogens with zero attached hydrogens (tertiary/aromatic N) is 2. The van der Waals surface area contributed by atoms with Gasteiger partial charge in [0.25, 0.3) is 0 Å². The van der Waals surface area contributed by atoms with Gasteiger partial charge in [0.05, 0.1) is 4.90 Å². The van der Waals surface area contributed by atoms with Crippen LogP contribution >= 0.6 is 0 Å². The molecule has 4 nitrogen and oxygen atoms in total. The van der Waals surface area contributed by atoms with Gasteiger partial charge in [-0.2, -0.15) is 4.31 Å². The van der Waals surface area contributed by atoms with Crippen molar-refractivity contribution in [1.29, 1.82) is 0 Å². The molecule has 1 unspecified atom stereocenters. The lowest BCUT2D eigenvalue weighted by molar-refractivity contribution is 0.221. The highest BCUT2D eigenvalue weighted by Gasteiger charge is 2.28. The van der Waals surface area contributed by atoms with Crippen molar-refractivity contribution in [3.05, 3.63) is 65.7 Å². The predicted molar refractivity (Wildman–Crippen MR) is 96.2 cm³/mol. The zero-order valence-corrected chi connectivity index (χ0v) is 15.4. The number of hydrogen-bond donors (Lipinski definition) is 0. The fourth-order valence-corrected chi connectivity index (χ4v) is 4.72. The van der Waals surface area contributed by atoms with Gasteiger partial charge in [-0.25, -0.2) is 17.2 Å². The molecule has 26 heavy (non-hydrogen) atoms. The van der Waals surface area contributed by atoms with Crippen LogP contribution in [0.15, 0.2) is 53.4 Å². The Hall–Kier alpha value is -1.83. The standard InChI is InChI=1S/C19H22F2N2O2S/c1-15(16-3-5-17(20)6-4-16)22-11-2-12-23(14-13-22)26(24,25)19-9-7-18(21)8-10-19/h3-10,15H,2,11-14H2,1H3. The second-order valence-corrected chi connectivity index (χ2v) is 8.41. The Kier molecular flexibility index (Phi) is 5.70. The zero-order valence-electron chi connectivity index (χ0n) is 14.6. The van der Waals surface area contributed by atoms with Crippen LogP contribution in [0.5, 0.6) is 0 Å². The van der Waals surface area contributed by atoms with Gasteiger partial charge in [-0.3, -0.25) is 4.90 Å². The van der Waals surface area contributed by atoms with Gasteiger partial charge >= 0.3 is 0 Å². The summed E-state index contributed by atoms with van der Waals surface area (Å²) in [5.41, 5.74) is 1.00. The molecule has 0 bridgehead atoms. The van der Waals surface area contributed by atoms with E-state index in [9.17, 15) is 17.2 Å². The maximum atomic E-state index is 13.1. The number of sulfonamides is 1. The number of rotatable bonds is 4. The SMILES string of the molecule is CC(c1ccc(F)cc1)N1CCCN(S(=O)(=O)c2ccc(F)cc2)CC1. The quantitative estimate of drug-likeness (QED) is 0.816. The molecular formula is C19H22F2N2O2S. The maximum Gasteiger partial charge on any atom is 0.243 e. The molecule has 1 aliphatic rings. The minimum Gasteiger partial charge on any atom is -0.295 e. The minimum atomic E-state index is -3.63. The van der Waals surface area contributed by atoms with Crippen molar-refractivity contribution >= 4 is 10.0 Å². The number of halogens is 2. The molecule has 0 amide bonds. The Morgan fingerprint density at radius 1 is 0.846 bits per heavy atom. The molecule has 0 spiro atoms. The van der Waals surface area contributed by atoms with E-state index in [1.165, 1.54) is 28.6 Å². The van der Waals surface area contributed by atoms with E-state index in [-0.39, 0.29) is 16.8 Å². The number of benzene rings is 2. The van der Waals surface area contributed by atoms with Crippen molar-refractivity contribution in [1.82, 2.24) is 9.21 Å². The van der Waals surface area contributed by atoms with Gasteiger partial charge in [-0.1, -0.05) is 12.1 Å². The van der Waals surface area contributed by atoms with E-state index in [2.05, 4.69) is 4.90 Å². The average Bonchev–Trinajstić information content (AvgIpc) is 2.89. The highest BCUT2D eigenvalue weighted by Crippen LogP contribution is 2.24. The third kappa shape index (κ3) is 4.11. The van der Waals surface area contributed by atoms with Crippen molar-refractivity contribution in [2.75, 3.05) is 26.2 Å². The third-order valence-electron chi connectivity index (χ3n) is 4.84.